The number of imide groups is 1. The minimum Gasteiger partial charge on any atom is -0.481 e. The van der Waals surface area contributed by atoms with Crippen LogP contribution in [0.5, 0.6) is 0 Å². The summed E-state index contributed by atoms with van der Waals surface area (Å²) in [5.41, 5.74) is 1.42. The minimum absolute atomic E-state index is 0.0408. The van der Waals surface area contributed by atoms with Crippen LogP contribution in [0.4, 0.5) is 5.69 Å². The van der Waals surface area contributed by atoms with Crippen LogP contribution in [0.3, 0.4) is 0 Å². The number of carboxylic acids is 1. The third-order valence-corrected chi connectivity index (χ3v) is 3.06. The van der Waals surface area contributed by atoms with Gasteiger partial charge in [-0.2, -0.15) is 0 Å². The van der Waals surface area contributed by atoms with Gasteiger partial charge in [-0.15, -0.1) is 0 Å². The Bertz CT molecular complexity index is 506. The first-order valence-corrected chi connectivity index (χ1v) is 5.82. The van der Waals surface area contributed by atoms with Crippen LogP contribution in [0.15, 0.2) is 24.3 Å². The maximum absolute atomic E-state index is 11.6. The number of hydrogen-bond donors (Lipinski definition) is 1. The van der Waals surface area contributed by atoms with Gasteiger partial charge in [-0.25, -0.2) is 0 Å². The molecule has 2 rings (SSSR count). The van der Waals surface area contributed by atoms with Crippen molar-refractivity contribution in [3.8, 4) is 0 Å². The predicted molar refractivity (Wildman–Crippen MR) is 67.8 cm³/mol. The lowest BCUT2D eigenvalue weighted by Crippen LogP contribution is -2.52. The van der Waals surface area contributed by atoms with Crippen molar-refractivity contribution in [1.82, 2.24) is 4.90 Å². The molecule has 2 amide bonds. The van der Waals surface area contributed by atoms with Gasteiger partial charge in [0, 0.05) is 12.7 Å². The summed E-state index contributed by atoms with van der Waals surface area (Å²) in [5, 5.41) is 8.68. The molecule has 6 nitrogen and oxygen atoms in total. The number of aliphatic carboxylic acids is 1. The molecule has 0 bridgehead atoms. The fourth-order valence-electron chi connectivity index (χ4n) is 1.92. The van der Waals surface area contributed by atoms with Crippen LogP contribution >= 0.6 is 0 Å². The quantitative estimate of drug-likeness (QED) is 0.783. The summed E-state index contributed by atoms with van der Waals surface area (Å²) in [6.45, 7) is 0.307. The van der Waals surface area contributed by atoms with E-state index in [2.05, 4.69) is 0 Å². The molecule has 0 atom stereocenters. The molecule has 1 fully saturated rings. The average Bonchev–Trinajstić information content (AvgIpc) is 2.35. The first kappa shape index (κ1) is 13.1. The smallest absolute Gasteiger partial charge is 0.307 e. The molecule has 19 heavy (non-hydrogen) atoms. The number of likely N-dealkylation sites (N-methyl/N-ethyl adjacent to an activating group) is 1. The summed E-state index contributed by atoms with van der Waals surface area (Å²) >= 11 is 0. The van der Waals surface area contributed by atoms with Crippen molar-refractivity contribution in [1.29, 1.82) is 0 Å². The second-order valence-electron chi connectivity index (χ2n) is 4.44. The number of carbonyl (C=O) groups is 3. The van der Waals surface area contributed by atoms with E-state index in [1.807, 2.05) is 0 Å². The molecule has 1 aliphatic rings. The molecule has 1 heterocycles. The lowest BCUT2D eigenvalue weighted by Gasteiger charge is -2.32. The van der Waals surface area contributed by atoms with Crippen LogP contribution in [0, 0.1) is 0 Å². The summed E-state index contributed by atoms with van der Waals surface area (Å²) < 4.78 is 0. The third-order valence-electron chi connectivity index (χ3n) is 3.06. The summed E-state index contributed by atoms with van der Waals surface area (Å²) in [5.74, 6) is -1.38. The van der Waals surface area contributed by atoms with Crippen LogP contribution in [0.25, 0.3) is 0 Å². The van der Waals surface area contributed by atoms with Gasteiger partial charge in [-0.1, -0.05) is 12.1 Å². The Morgan fingerprint density at radius 3 is 2.16 bits per heavy atom. The molecule has 100 valence electrons. The Morgan fingerprint density at radius 1 is 1.16 bits per heavy atom. The van der Waals surface area contributed by atoms with Crippen molar-refractivity contribution in [3.05, 3.63) is 29.8 Å². The fourth-order valence-corrected chi connectivity index (χ4v) is 1.92. The molecule has 1 aliphatic heterocycles. The molecule has 0 radical (unpaired) electrons. The van der Waals surface area contributed by atoms with Gasteiger partial charge in [0.2, 0.25) is 11.8 Å². The molecule has 0 aliphatic carbocycles. The summed E-state index contributed by atoms with van der Waals surface area (Å²) in [7, 11) is 1.47. The lowest BCUT2D eigenvalue weighted by molar-refractivity contribution is -0.143. The van der Waals surface area contributed by atoms with Crippen LogP contribution in [-0.4, -0.2) is 47.9 Å². The van der Waals surface area contributed by atoms with Crippen LogP contribution in [-0.2, 0) is 20.8 Å². The number of rotatable bonds is 3. The monoisotopic (exact) mass is 262 g/mol. The van der Waals surface area contributed by atoms with Gasteiger partial charge in [-0.3, -0.25) is 19.3 Å². The Morgan fingerprint density at radius 2 is 1.68 bits per heavy atom. The zero-order valence-electron chi connectivity index (χ0n) is 10.5. The number of piperazine rings is 1. The normalized spacial score (nSPS) is 15.8. The van der Waals surface area contributed by atoms with Crippen LogP contribution < -0.4 is 4.90 Å². The Hall–Kier alpha value is -2.37. The maximum atomic E-state index is 11.6. The number of benzene rings is 1. The molecule has 1 aromatic carbocycles. The van der Waals surface area contributed by atoms with Crippen molar-refractivity contribution in [2.45, 2.75) is 6.42 Å². The highest BCUT2D eigenvalue weighted by Gasteiger charge is 2.27. The summed E-state index contributed by atoms with van der Waals surface area (Å²) in [6.07, 6.45) is -0.0408. The van der Waals surface area contributed by atoms with Crippen molar-refractivity contribution in [2.24, 2.45) is 0 Å². The van der Waals surface area contributed by atoms with E-state index in [0.717, 1.165) is 10.6 Å². The number of anilines is 1. The highest BCUT2D eigenvalue weighted by atomic mass is 16.4. The highest BCUT2D eigenvalue weighted by molar-refractivity contribution is 6.02. The SMILES string of the molecule is CN1C(=O)CN(c2ccc(CC(=O)O)cc2)CC1=O. The van der Waals surface area contributed by atoms with E-state index in [-0.39, 0.29) is 31.3 Å². The first-order valence-electron chi connectivity index (χ1n) is 5.82. The van der Waals surface area contributed by atoms with Crippen molar-refractivity contribution in [3.63, 3.8) is 0 Å². The predicted octanol–water partition coefficient (Wildman–Crippen LogP) is 0.119. The van der Waals surface area contributed by atoms with E-state index >= 15 is 0 Å². The number of amides is 2. The molecule has 6 heteroatoms. The van der Waals surface area contributed by atoms with Crippen molar-refractivity contribution >= 4 is 23.5 Å². The molecule has 1 N–H and O–H groups in total. The third kappa shape index (κ3) is 2.90. The van der Waals surface area contributed by atoms with E-state index < -0.39 is 5.97 Å². The Kier molecular flexibility index (Phi) is 3.50. The van der Waals surface area contributed by atoms with Gasteiger partial charge in [0.1, 0.15) is 0 Å². The highest BCUT2D eigenvalue weighted by Crippen LogP contribution is 2.18. The van der Waals surface area contributed by atoms with Crippen molar-refractivity contribution < 1.29 is 19.5 Å². The van der Waals surface area contributed by atoms with E-state index in [0.29, 0.717) is 5.56 Å². The lowest BCUT2D eigenvalue weighted by atomic mass is 10.1. The number of nitrogens with zero attached hydrogens (tertiary/aromatic N) is 2. The number of carbonyl (C=O) groups excluding carboxylic acids is 2. The van der Waals surface area contributed by atoms with E-state index in [1.165, 1.54) is 7.05 Å². The topological polar surface area (TPSA) is 77.9 Å². The van der Waals surface area contributed by atoms with Gasteiger partial charge < -0.3 is 10.0 Å². The molecule has 0 spiro atoms. The van der Waals surface area contributed by atoms with Gasteiger partial charge in [-0.05, 0) is 17.7 Å². The molecule has 0 unspecified atom stereocenters. The zero-order chi connectivity index (χ0) is 14.0. The maximum Gasteiger partial charge on any atom is 0.307 e. The summed E-state index contributed by atoms with van der Waals surface area (Å²) in [6, 6.07) is 6.84. The molecular weight excluding hydrogens is 248 g/mol. The fraction of sp³-hybridized carbons (Fsp3) is 0.308. The Labute approximate surface area is 110 Å². The largest absolute Gasteiger partial charge is 0.481 e. The Balaban J connectivity index is 2.12. The second kappa shape index (κ2) is 5.09. The van der Waals surface area contributed by atoms with Gasteiger partial charge in [0.05, 0.1) is 19.5 Å². The molecule has 1 saturated heterocycles. The molecular formula is C13H14N2O4. The average molecular weight is 262 g/mol. The van der Waals surface area contributed by atoms with Gasteiger partial charge in [0.25, 0.3) is 0 Å². The summed E-state index contributed by atoms with van der Waals surface area (Å²) in [4.78, 5) is 36.5. The number of carboxylic acid groups (broad SMARTS) is 1. The first-order chi connectivity index (χ1) is 8.97. The van der Waals surface area contributed by atoms with Gasteiger partial charge in [0.15, 0.2) is 0 Å². The van der Waals surface area contributed by atoms with E-state index in [4.69, 9.17) is 5.11 Å². The molecule has 1 aromatic rings. The minimum atomic E-state index is -0.891. The second-order valence-corrected chi connectivity index (χ2v) is 4.44. The van der Waals surface area contributed by atoms with Crippen LogP contribution in [0.1, 0.15) is 5.56 Å². The zero-order valence-corrected chi connectivity index (χ0v) is 10.5. The van der Waals surface area contributed by atoms with Gasteiger partial charge >= 0.3 is 5.97 Å². The standard InChI is InChI=1S/C13H14N2O4/c1-14-11(16)7-15(8-12(14)17)10-4-2-9(3-5-10)6-13(18)19/h2-5H,6-8H2,1H3,(H,18,19). The molecule has 0 saturated carbocycles. The van der Waals surface area contributed by atoms with Crippen LogP contribution in [0.2, 0.25) is 0 Å². The number of hydrogen-bond acceptors (Lipinski definition) is 4. The van der Waals surface area contributed by atoms with E-state index in [1.54, 1.807) is 29.2 Å². The van der Waals surface area contributed by atoms with E-state index in [9.17, 15) is 14.4 Å². The van der Waals surface area contributed by atoms with Crippen molar-refractivity contribution in [2.75, 3.05) is 25.0 Å². The molecule has 0 aromatic heterocycles.